The highest BCUT2D eigenvalue weighted by atomic mass is 19.4. The van der Waals surface area contributed by atoms with Gasteiger partial charge in [0, 0.05) is 12.6 Å². The minimum Gasteiger partial charge on any atom is -0.454 e. The summed E-state index contributed by atoms with van der Waals surface area (Å²) in [6, 6.07) is 5.69. The molecule has 1 aromatic rings. The van der Waals surface area contributed by atoms with Crippen molar-refractivity contribution in [1.29, 1.82) is 0 Å². The van der Waals surface area contributed by atoms with Crippen LogP contribution in [-0.4, -0.2) is 31.0 Å². The first-order valence-electron chi connectivity index (χ1n) is 6.73. The van der Waals surface area contributed by atoms with E-state index in [2.05, 4.69) is 0 Å². The summed E-state index contributed by atoms with van der Waals surface area (Å²) >= 11 is 0. The first-order chi connectivity index (χ1) is 9.53. The summed E-state index contributed by atoms with van der Waals surface area (Å²) in [4.78, 5) is 1.91. The van der Waals surface area contributed by atoms with Crippen LogP contribution in [0, 0.1) is 0 Å². The van der Waals surface area contributed by atoms with Crippen LogP contribution in [0.15, 0.2) is 18.2 Å². The molecule has 1 fully saturated rings. The van der Waals surface area contributed by atoms with E-state index in [9.17, 15) is 13.2 Å². The summed E-state index contributed by atoms with van der Waals surface area (Å²) in [5.41, 5.74) is 1.01. The standard InChI is InChI=1S/C14H16F3NO2/c15-14(16,17)5-7-18-6-1-2-11(18)10-3-4-12-13(8-10)20-9-19-12/h3-4,8,11H,1-2,5-7,9H2. The third-order valence-electron chi connectivity index (χ3n) is 3.83. The van der Waals surface area contributed by atoms with Gasteiger partial charge >= 0.3 is 6.18 Å². The normalized spacial score (nSPS) is 22.4. The van der Waals surface area contributed by atoms with Crippen molar-refractivity contribution in [1.82, 2.24) is 4.90 Å². The molecule has 0 bridgehead atoms. The van der Waals surface area contributed by atoms with Gasteiger partial charge in [-0.25, -0.2) is 0 Å². The Morgan fingerprint density at radius 2 is 2.00 bits per heavy atom. The van der Waals surface area contributed by atoms with Crippen LogP contribution >= 0.6 is 0 Å². The topological polar surface area (TPSA) is 21.7 Å². The highest BCUT2D eigenvalue weighted by molar-refractivity contribution is 5.45. The van der Waals surface area contributed by atoms with Gasteiger partial charge in [0.15, 0.2) is 11.5 Å². The van der Waals surface area contributed by atoms with Gasteiger partial charge < -0.3 is 9.47 Å². The molecular formula is C14H16F3NO2. The van der Waals surface area contributed by atoms with Gasteiger partial charge in [0.1, 0.15) is 0 Å². The Morgan fingerprint density at radius 3 is 2.80 bits per heavy atom. The van der Waals surface area contributed by atoms with Gasteiger partial charge in [0.2, 0.25) is 6.79 Å². The van der Waals surface area contributed by atoms with Crippen LogP contribution < -0.4 is 9.47 Å². The zero-order chi connectivity index (χ0) is 14.2. The van der Waals surface area contributed by atoms with Gasteiger partial charge in [-0.3, -0.25) is 4.90 Å². The molecule has 0 amide bonds. The molecule has 0 radical (unpaired) electrons. The SMILES string of the molecule is FC(F)(F)CCN1CCCC1c1ccc2c(c1)OCO2. The maximum Gasteiger partial charge on any atom is 0.390 e. The fourth-order valence-electron chi connectivity index (χ4n) is 2.86. The molecule has 6 heteroatoms. The molecule has 2 aliphatic heterocycles. The van der Waals surface area contributed by atoms with E-state index in [4.69, 9.17) is 9.47 Å². The molecule has 0 saturated carbocycles. The molecule has 110 valence electrons. The number of alkyl halides is 3. The Labute approximate surface area is 115 Å². The molecule has 20 heavy (non-hydrogen) atoms. The van der Waals surface area contributed by atoms with Crippen molar-refractivity contribution in [2.75, 3.05) is 19.9 Å². The van der Waals surface area contributed by atoms with Gasteiger partial charge in [0.05, 0.1) is 6.42 Å². The molecule has 2 aliphatic rings. The number of hydrogen-bond acceptors (Lipinski definition) is 3. The molecule has 1 aromatic carbocycles. The third kappa shape index (κ3) is 2.85. The number of fused-ring (bicyclic) bond motifs is 1. The first kappa shape index (κ1) is 13.5. The van der Waals surface area contributed by atoms with Crippen molar-refractivity contribution in [3.05, 3.63) is 23.8 Å². The van der Waals surface area contributed by atoms with E-state index < -0.39 is 12.6 Å². The lowest BCUT2D eigenvalue weighted by molar-refractivity contribution is -0.138. The van der Waals surface area contributed by atoms with E-state index in [1.165, 1.54) is 0 Å². The molecule has 0 aromatic heterocycles. The summed E-state index contributed by atoms with van der Waals surface area (Å²) in [5.74, 6) is 1.39. The van der Waals surface area contributed by atoms with Crippen LogP contribution in [0.2, 0.25) is 0 Å². The summed E-state index contributed by atoms with van der Waals surface area (Å²) < 4.78 is 47.6. The van der Waals surface area contributed by atoms with Gasteiger partial charge in [-0.05, 0) is 37.1 Å². The van der Waals surface area contributed by atoms with E-state index >= 15 is 0 Å². The fraction of sp³-hybridized carbons (Fsp3) is 0.571. The van der Waals surface area contributed by atoms with Gasteiger partial charge in [0.25, 0.3) is 0 Å². The van der Waals surface area contributed by atoms with Gasteiger partial charge in [-0.15, -0.1) is 0 Å². The number of likely N-dealkylation sites (tertiary alicyclic amines) is 1. The lowest BCUT2D eigenvalue weighted by Gasteiger charge is -2.25. The average Bonchev–Trinajstić information content (AvgIpc) is 3.03. The molecule has 0 aliphatic carbocycles. The summed E-state index contributed by atoms with van der Waals surface area (Å²) in [7, 11) is 0. The van der Waals surface area contributed by atoms with Crippen molar-refractivity contribution in [2.24, 2.45) is 0 Å². The van der Waals surface area contributed by atoms with Crippen LogP contribution in [0.3, 0.4) is 0 Å². The number of ether oxygens (including phenoxy) is 2. The van der Waals surface area contributed by atoms with Crippen LogP contribution in [0.4, 0.5) is 13.2 Å². The minimum atomic E-state index is -4.10. The number of rotatable bonds is 3. The molecule has 1 atom stereocenters. The molecule has 0 N–H and O–H groups in total. The van der Waals surface area contributed by atoms with E-state index in [1.54, 1.807) is 0 Å². The van der Waals surface area contributed by atoms with Gasteiger partial charge in [-0.2, -0.15) is 13.2 Å². The maximum atomic E-state index is 12.4. The van der Waals surface area contributed by atoms with E-state index in [1.807, 2.05) is 23.1 Å². The summed E-state index contributed by atoms with van der Waals surface area (Å²) in [5, 5.41) is 0. The highest BCUT2D eigenvalue weighted by Crippen LogP contribution is 2.39. The fourth-order valence-corrected chi connectivity index (χ4v) is 2.86. The van der Waals surface area contributed by atoms with Crippen LogP contribution in [0.5, 0.6) is 11.5 Å². The Morgan fingerprint density at radius 1 is 1.20 bits per heavy atom. The first-order valence-corrected chi connectivity index (χ1v) is 6.73. The molecule has 2 heterocycles. The van der Waals surface area contributed by atoms with E-state index in [0.29, 0.717) is 11.5 Å². The Balaban J connectivity index is 1.72. The van der Waals surface area contributed by atoms with Crippen LogP contribution in [0.1, 0.15) is 30.9 Å². The largest absolute Gasteiger partial charge is 0.454 e. The maximum absolute atomic E-state index is 12.4. The van der Waals surface area contributed by atoms with Crippen LogP contribution in [0.25, 0.3) is 0 Å². The Kier molecular flexibility index (Phi) is 3.50. The van der Waals surface area contributed by atoms with Crippen molar-refractivity contribution in [3.63, 3.8) is 0 Å². The predicted octanol–water partition coefficient (Wildman–Crippen LogP) is 3.50. The Hall–Kier alpha value is -1.43. The molecule has 1 saturated heterocycles. The second-order valence-electron chi connectivity index (χ2n) is 5.17. The molecule has 3 rings (SSSR count). The zero-order valence-electron chi connectivity index (χ0n) is 10.9. The number of benzene rings is 1. The summed E-state index contributed by atoms with van der Waals surface area (Å²) in [6.45, 7) is 0.985. The van der Waals surface area contributed by atoms with Crippen molar-refractivity contribution in [2.45, 2.75) is 31.5 Å². The lowest BCUT2D eigenvalue weighted by Crippen LogP contribution is -2.28. The summed E-state index contributed by atoms with van der Waals surface area (Å²) in [6.07, 6.45) is -3.04. The molecule has 1 unspecified atom stereocenters. The number of hydrogen-bond donors (Lipinski definition) is 0. The second kappa shape index (κ2) is 5.16. The number of nitrogens with zero attached hydrogens (tertiary/aromatic N) is 1. The lowest BCUT2D eigenvalue weighted by atomic mass is 10.0. The molecular weight excluding hydrogens is 271 g/mol. The third-order valence-corrected chi connectivity index (χ3v) is 3.83. The highest BCUT2D eigenvalue weighted by Gasteiger charge is 2.32. The van der Waals surface area contributed by atoms with Crippen molar-refractivity contribution < 1.29 is 22.6 Å². The minimum absolute atomic E-state index is 0.0480. The smallest absolute Gasteiger partial charge is 0.390 e. The quantitative estimate of drug-likeness (QED) is 0.849. The zero-order valence-corrected chi connectivity index (χ0v) is 10.9. The van der Waals surface area contributed by atoms with Crippen molar-refractivity contribution in [3.8, 4) is 11.5 Å². The van der Waals surface area contributed by atoms with Gasteiger partial charge in [-0.1, -0.05) is 6.07 Å². The van der Waals surface area contributed by atoms with E-state index in [0.717, 1.165) is 24.9 Å². The van der Waals surface area contributed by atoms with E-state index in [-0.39, 0.29) is 19.4 Å². The molecule has 3 nitrogen and oxygen atoms in total. The monoisotopic (exact) mass is 287 g/mol. The number of halogens is 3. The average molecular weight is 287 g/mol. The van der Waals surface area contributed by atoms with Crippen molar-refractivity contribution >= 4 is 0 Å². The van der Waals surface area contributed by atoms with Crippen LogP contribution in [-0.2, 0) is 0 Å². The predicted molar refractivity (Wildman–Crippen MR) is 66.8 cm³/mol. The second-order valence-corrected chi connectivity index (χ2v) is 5.17. The molecule has 0 spiro atoms. The Bertz CT molecular complexity index is 490.